The zero-order valence-electron chi connectivity index (χ0n) is 6.84. The van der Waals surface area contributed by atoms with Crippen molar-refractivity contribution in [3.63, 3.8) is 0 Å². The van der Waals surface area contributed by atoms with Crippen LogP contribution in [0.1, 0.15) is 11.1 Å². The molecule has 1 aromatic rings. The smallest absolute Gasteiger partial charge is 0.156 e. The molecule has 0 aliphatic carbocycles. The van der Waals surface area contributed by atoms with Crippen LogP contribution in [0.25, 0.3) is 0 Å². The molecule has 0 saturated carbocycles. The third kappa shape index (κ3) is 3.74. The maximum absolute atomic E-state index is 5.91. The van der Waals surface area contributed by atoms with Gasteiger partial charge < -0.3 is 4.74 Å². The Morgan fingerprint density at radius 3 is 2.38 bits per heavy atom. The molecule has 72 valence electrons. The van der Waals surface area contributed by atoms with Crippen LogP contribution in [-0.2, 0) is 4.74 Å². The highest BCUT2D eigenvalue weighted by Gasteiger charge is 2.06. The molecule has 1 aromatic carbocycles. The second-order valence-electron chi connectivity index (χ2n) is 2.43. The van der Waals surface area contributed by atoms with Gasteiger partial charge in [0.2, 0.25) is 0 Å². The predicted octanol–water partition coefficient (Wildman–Crippen LogP) is 3.83. The van der Waals surface area contributed by atoms with E-state index in [1.54, 1.807) is 12.1 Å². The van der Waals surface area contributed by atoms with E-state index in [1.165, 1.54) is 0 Å². The Hall–Kier alpha value is 0.0500. The molecule has 0 saturated heterocycles. The van der Waals surface area contributed by atoms with Crippen LogP contribution in [0.3, 0.4) is 0 Å². The van der Waals surface area contributed by atoms with Crippen molar-refractivity contribution < 1.29 is 4.74 Å². The first-order valence-corrected chi connectivity index (χ1v) is 5.16. The van der Waals surface area contributed by atoms with Crippen molar-refractivity contribution in [2.75, 3.05) is 12.5 Å². The SMILES string of the molecule is ClCCOC(Cl)c1ccc(Cl)cc1. The Labute approximate surface area is 92.5 Å². The van der Waals surface area contributed by atoms with Crippen LogP contribution in [0.4, 0.5) is 0 Å². The summed E-state index contributed by atoms with van der Waals surface area (Å²) in [7, 11) is 0. The van der Waals surface area contributed by atoms with Crippen molar-refractivity contribution in [1.82, 2.24) is 0 Å². The Morgan fingerprint density at radius 1 is 1.23 bits per heavy atom. The first-order valence-electron chi connectivity index (χ1n) is 3.81. The van der Waals surface area contributed by atoms with E-state index in [4.69, 9.17) is 39.5 Å². The molecular weight excluding hydrogens is 230 g/mol. The lowest BCUT2D eigenvalue weighted by molar-refractivity contribution is 0.122. The molecule has 0 fully saturated rings. The fourth-order valence-corrected chi connectivity index (χ4v) is 1.31. The molecule has 1 nitrogen and oxygen atoms in total. The van der Waals surface area contributed by atoms with Crippen LogP contribution in [0, 0.1) is 0 Å². The maximum atomic E-state index is 5.91. The number of ether oxygens (including phenoxy) is 1. The molecule has 13 heavy (non-hydrogen) atoms. The molecule has 0 aliphatic heterocycles. The molecule has 1 unspecified atom stereocenters. The van der Waals surface area contributed by atoms with Gasteiger partial charge in [-0.2, -0.15) is 0 Å². The van der Waals surface area contributed by atoms with Crippen LogP contribution in [0.2, 0.25) is 5.02 Å². The number of hydrogen-bond donors (Lipinski definition) is 0. The average Bonchev–Trinajstić information content (AvgIpc) is 2.15. The Bertz CT molecular complexity index is 248. The van der Waals surface area contributed by atoms with Gasteiger partial charge in [-0.3, -0.25) is 0 Å². The molecule has 0 spiro atoms. The fourth-order valence-electron chi connectivity index (χ4n) is 0.858. The fraction of sp³-hybridized carbons (Fsp3) is 0.333. The number of rotatable bonds is 4. The molecule has 0 aromatic heterocycles. The topological polar surface area (TPSA) is 9.23 Å². The molecule has 0 amide bonds. The second kappa shape index (κ2) is 5.71. The van der Waals surface area contributed by atoms with Gasteiger partial charge in [-0.05, 0) is 17.7 Å². The van der Waals surface area contributed by atoms with Crippen LogP contribution in [-0.4, -0.2) is 12.5 Å². The van der Waals surface area contributed by atoms with Crippen LogP contribution < -0.4 is 0 Å². The minimum absolute atomic E-state index is 0.441. The molecule has 0 radical (unpaired) electrons. The van der Waals surface area contributed by atoms with Gasteiger partial charge in [-0.15, -0.1) is 11.6 Å². The molecule has 1 rings (SSSR count). The van der Waals surface area contributed by atoms with Crippen molar-refractivity contribution in [3.05, 3.63) is 34.9 Å². The maximum Gasteiger partial charge on any atom is 0.156 e. The molecule has 0 heterocycles. The largest absolute Gasteiger partial charge is 0.357 e. The number of halogens is 3. The lowest BCUT2D eigenvalue weighted by Crippen LogP contribution is -1.99. The van der Waals surface area contributed by atoms with E-state index in [9.17, 15) is 0 Å². The van der Waals surface area contributed by atoms with Gasteiger partial charge in [0, 0.05) is 10.9 Å². The molecule has 0 bridgehead atoms. The summed E-state index contributed by atoms with van der Waals surface area (Å²) in [5.74, 6) is 0.441. The number of hydrogen-bond acceptors (Lipinski definition) is 1. The summed E-state index contributed by atoms with van der Waals surface area (Å²) in [6.07, 6.45) is 0. The van der Waals surface area contributed by atoms with Crippen molar-refractivity contribution in [3.8, 4) is 0 Å². The minimum atomic E-state index is -0.448. The Balaban J connectivity index is 2.55. The summed E-state index contributed by atoms with van der Waals surface area (Å²) < 4.78 is 5.21. The minimum Gasteiger partial charge on any atom is -0.357 e. The molecule has 0 aliphatic rings. The Morgan fingerprint density at radius 2 is 1.85 bits per heavy atom. The average molecular weight is 240 g/mol. The van der Waals surface area contributed by atoms with Crippen molar-refractivity contribution in [1.29, 1.82) is 0 Å². The zero-order valence-corrected chi connectivity index (χ0v) is 9.11. The molecule has 1 atom stereocenters. The molecule has 4 heteroatoms. The van der Waals surface area contributed by atoms with Gasteiger partial charge in [0.15, 0.2) is 5.56 Å². The van der Waals surface area contributed by atoms with E-state index in [-0.39, 0.29) is 0 Å². The van der Waals surface area contributed by atoms with E-state index in [1.807, 2.05) is 12.1 Å². The van der Waals surface area contributed by atoms with Gasteiger partial charge in [0.25, 0.3) is 0 Å². The number of benzene rings is 1. The normalized spacial score (nSPS) is 12.8. The lowest BCUT2D eigenvalue weighted by Gasteiger charge is -2.09. The monoisotopic (exact) mass is 238 g/mol. The third-order valence-electron chi connectivity index (χ3n) is 1.47. The quantitative estimate of drug-likeness (QED) is 0.726. The van der Waals surface area contributed by atoms with E-state index in [2.05, 4.69) is 0 Å². The summed E-state index contributed by atoms with van der Waals surface area (Å²) in [5, 5.41) is 0.685. The van der Waals surface area contributed by atoms with Gasteiger partial charge in [-0.1, -0.05) is 35.3 Å². The summed E-state index contributed by atoms with van der Waals surface area (Å²) in [6, 6.07) is 7.20. The predicted molar refractivity (Wildman–Crippen MR) is 56.7 cm³/mol. The van der Waals surface area contributed by atoms with E-state index in [0.717, 1.165) is 5.56 Å². The van der Waals surface area contributed by atoms with E-state index >= 15 is 0 Å². The van der Waals surface area contributed by atoms with Crippen LogP contribution in [0.5, 0.6) is 0 Å². The summed E-state index contributed by atoms with van der Waals surface area (Å²) in [6.45, 7) is 0.443. The van der Waals surface area contributed by atoms with Crippen molar-refractivity contribution >= 4 is 34.8 Å². The standard InChI is InChI=1S/C9H9Cl3O/c10-5-6-13-9(12)7-1-3-8(11)4-2-7/h1-4,9H,5-6H2. The molecular formula is C9H9Cl3O. The summed E-state index contributed by atoms with van der Waals surface area (Å²) in [5.41, 5.74) is 0.437. The highest BCUT2D eigenvalue weighted by Crippen LogP contribution is 2.23. The second-order valence-corrected chi connectivity index (χ2v) is 3.64. The summed E-state index contributed by atoms with van der Waals surface area (Å²) >= 11 is 17.1. The van der Waals surface area contributed by atoms with E-state index in [0.29, 0.717) is 17.5 Å². The first-order chi connectivity index (χ1) is 6.24. The summed E-state index contributed by atoms with van der Waals surface area (Å²) in [4.78, 5) is 0. The first kappa shape index (κ1) is 11.1. The van der Waals surface area contributed by atoms with Gasteiger partial charge in [0.1, 0.15) is 0 Å². The van der Waals surface area contributed by atoms with Gasteiger partial charge in [0.05, 0.1) is 6.61 Å². The van der Waals surface area contributed by atoms with Gasteiger partial charge >= 0.3 is 0 Å². The highest BCUT2D eigenvalue weighted by molar-refractivity contribution is 6.30. The van der Waals surface area contributed by atoms with Crippen molar-refractivity contribution in [2.24, 2.45) is 0 Å². The van der Waals surface area contributed by atoms with Crippen LogP contribution in [0.15, 0.2) is 24.3 Å². The molecule has 0 N–H and O–H groups in total. The lowest BCUT2D eigenvalue weighted by atomic mass is 10.2. The zero-order chi connectivity index (χ0) is 9.68. The number of alkyl halides is 2. The van der Waals surface area contributed by atoms with E-state index < -0.39 is 5.56 Å². The third-order valence-corrected chi connectivity index (χ3v) is 2.26. The Kier molecular flexibility index (Phi) is 4.89. The van der Waals surface area contributed by atoms with Gasteiger partial charge in [-0.25, -0.2) is 0 Å². The highest BCUT2D eigenvalue weighted by atomic mass is 35.5. The van der Waals surface area contributed by atoms with Crippen LogP contribution >= 0.6 is 34.8 Å². The van der Waals surface area contributed by atoms with Crippen molar-refractivity contribution in [2.45, 2.75) is 5.56 Å².